The van der Waals surface area contributed by atoms with Gasteiger partial charge in [0, 0.05) is 5.10 Å². The van der Waals surface area contributed by atoms with Crippen molar-refractivity contribution in [2.75, 3.05) is 7.11 Å². The number of ether oxygens (including phenoxy) is 1. The van der Waals surface area contributed by atoms with E-state index in [1.54, 1.807) is 0 Å². The summed E-state index contributed by atoms with van der Waals surface area (Å²) in [5, 5.41) is 14.0. The molecule has 8 nitrogen and oxygen atoms in total. The van der Waals surface area contributed by atoms with Crippen LogP contribution in [0.2, 0.25) is 0 Å². The first kappa shape index (κ1) is 13.6. The second kappa shape index (κ2) is 5.43. The predicted octanol–water partition coefficient (Wildman–Crippen LogP) is 1.16. The largest absolute Gasteiger partial charge is 0.490 e. The normalized spacial score (nSPS) is 10.3. The molecule has 0 saturated heterocycles. The van der Waals surface area contributed by atoms with Crippen LogP contribution < -0.4 is 0 Å². The van der Waals surface area contributed by atoms with E-state index in [2.05, 4.69) is 14.8 Å². The number of halogens is 1. The molecule has 104 valence electrons. The predicted molar refractivity (Wildman–Crippen MR) is 63.5 cm³/mol. The Kier molecular flexibility index (Phi) is 3.69. The number of esters is 1. The van der Waals surface area contributed by atoms with E-state index in [1.807, 2.05) is 0 Å². The number of carbonyl (C=O) groups excluding carboxylic acids is 1. The Labute approximate surface area is 112 Å². The van der Waals surface area contributed by atoms with E-state index in [1.165, 1.54) is 23.1 Å². The third-order valence-electron chi connectivity index (χ3n) is 2.47. The molecule has 9 heteroatoms. The van der Waals surface area contributed by atoms with E-state index in [0.717, 1.165) is 13.2 Å². The number of rotatable bonds is 4. The topological polar surface area (TPSA) is 100 Å². The Morgan fingerprint density at radius 3 is 2.85 bits per heavy atom. The van der Waals surface area contributed by atoms with Crippen molar-refractivity contribution in [1.82, 2.24) is 14.8 Å². The molecule has 20 heavy (non-hydrogen) atoms. The van der Waals surface area contributed by atoms with Gasteiger partial charge in [0.05, 0.1) is 19.2 Å². The summed E-state index contributed by atoms with van der Waals surface area (Å²) in [6.07, 6.45) is 1.17. The van der Waals surface area contributed by atoms with Gasteiger partial charge in [-0.15, -0.1) is 0 Å². The lowest BCUT2D eigenvalue weighted by molar-refractivity contribution is -0.394. The molecule has 0 aliphatic carbocycles. The van der Waals surface area contributed by atoms with Gasteiger partial charge in [0.1, 0.15) is 5.82 Å². The highest BCUT2D eigenvalue weighted by Crippen LogP contribution is 2.13. The maximum absolute atomic E-state index is 13.7. The number of nitro groups is 1. The molecule has 1 aromatic carbocycles. The number of hydrogen-bond acceptors (Lipinski definition) is 6. The molecule has 1 heterocycles. The lowest BCUT2D eigenvalue weighted by Crippen LogP contribution is -2.06. The summed E-state index contributed by atoms with van der Waals surface area (Å²) >= 11 is 0. The van der Waals surface area contributed by atoms with Gasteiger partial charge in [0.2, 0.25) is 6.33 Å². The number of hydrogen-bond donors (Lipinski definition) is 0. The van der Waals surface area contributed by atoms with Crippen LogP contribution >= 0.6 is 0 Å². The summed E-state index contributed by atoms with van der Waals surface area (Å²) in [6.45, 7) is 0.0964. The molecule has 0 bridgehead atoms. The van der Waals surface area contributed by atoms with Gasteiger partial charge in [0.15, 0.2) is 0 Å². The molecule has 0 aliphatic rings. The van der Waals surface area contributed by atoms with Crippen molar-refractivity contribution in [2.24, 2.45) is 0 Å². The van der Waals surface area contributed by atoms with E-state index >= 15 is 0 Å². The molecule has 0 saturated carbocycles. The first-order valence-corrected chi connectivity index (χ1v) is 5.42. The van der Waals surface area contributed by atoms with E-state index in [-0.39, 0.29) is 12.1 Å². The van der Waals surface area contributed by atoms with E-state index < -0.39 is 22.7 Å². The second-order valence-electron chi connectivity index (χ2n) is 3.81. The minimum atomic E-state index is -0.773. The number of carbonyl (C=O) groups is 1. The van der Waals surface area contributed by atoms with Crippen LogP contribution in [0.25, 0.3) is 0 Å². The SMILES string of the molecule is COC(=O)c1ccc(Cn2cnc([N+](=O)[O-])n2)cc1F. The zero-order valence-electron chi connectivity index (χ0n) is 10.3. The fraction of sp³-hybridized carbons (Fsp3) is 0.182. The van der Waals surface area contributed by atoms with E-state index in [0.29, 0.717) is 5.56 Å². The van der Waals surface area contributed by atoms with Crippen LogP contribution in [0.5, 0.6) is 0 Å². The van der Waals surface area contributed by atoms with Crippen LogP contribution in [0.15, 0.2) is 24.5 Å². The fourth-order valence-corrected chi connectivity index (χ4v) is 1.56. The Morgan fingerprint density at radius 2 is 2.30 bits per heavy atom. The molecule has 2 rings (SSSR count). The zero-order chi connectivity index (χ0) is 14.7. The highest BCUT2D eigenvalue weighted by atomic mass is 19.1. The van der Waals surface area contributed by atoms with Crippen molar-refractivity contribution < 1.29 is 18.8 Å². The van der Waals surface area contributed by atoms with Gasteiger partial charge in [-0.1, -0.05) is 11.1 Å². The fourth-order valence-electron chi connectivity index (χ4n) is 1.56. The van der Waals surface area contributed by atoms with Crippen LogP contribution in [-0.4, -0.2) is 32.8 Å². The monoisotopic (exact) mass is 280 g/mol. The first-order chi connectivity index (χ1) is 9.51. The highest BCUT2D eigenvalue weighted by Gasteiger charge is 2.15. The highest BCUT2D eigenvalue weighted by molar-refractivity contribution is 5.89. The third kappa shape index (κ3) is 2.76. The average Bonchev–Trinajstić information content (AvgIpc) is 2.87. The van der Waals surface area contributed by atoms with Gasteiger partial charge in [-0.3, -0.25) is 0 Å². The smallest absolute Gasteiger partial charge is 0.465 e. The number of methoxy groups -OCH3 is 1. The van der Waals surface area contributed by atoms with Crippen molar-refractivity contribution in [3.8, 4) is 0 Å². The van der Waals surface area contributed by atoms with Gasteiger partial charge in [-0.25, -0.2) is 9.18 Å². The Morgan fingerprint density at radius 1 is 1.55 bits per heavy atom. The summed E-state index contributed by atoms with van der Waals surface area (Å²) in [7, 11) is 1.16. The Balaban J connectivity index is 2.19. The minimum Gasteiger partial charge on any atom is -0.465 e. The van der Waals surface area contributed by atoms with E-state index in [9.17, 15) is 19.3 Å². The lowest BCUT2D eigenvalue weighted by Gasteiger charge is -2.03. The maximum atomic E-state index is 13.7. The summed E-state index contributed by atoms with van der Waals surface area (Å²) in [5.41, 5.74) is 0.302. The van der Waals surface area contributed by atoms with Gasteiger partial charge in [-0.05, 0) is 22.6 Å². The molecular formula is C11H9FN4O4. The lowest BCUT2D eigenvalue weighted by atomic mass is 10.1. The van der Waals surface area contributed by atoms with Crippen LogP contribution in [0.4, 0.5) is 10.3 Å². The van der Waals surface area contributed by atoms with Gasteiger partial charge < -0.3 is 14.9 Å². The zero-order valence-corrected chi connectivity index (χ0v) is 10.3. The molecule has 2 aromatic rings. The Hall–Kier alpha value is -2.84. The molecule has 0 aliphatic heterocycles. The number of aromatic nitrogens is 3. The van der Waals surface area contributed by atoms with Gasteiger partial charge >= 0.3 is 11.9 Å². The molecule has 0 N–H and O–H groups in total. The quantitative estimate of drug-likeness (QED) is 0.473. The van der Waals surface area contributed by atoms with Crippen LogP contribution in [0, 0.1) is 15.9 Å². The molecular weight excluding hydrogens is 271 g/mol. The average molecular weight is 280 g/mol. The first-order valence-electron chi connectivity index (χ1n) is 5.42. The summed E-state index contributed by atoms with van der Waals surface area (Å²) in [5.74, 6) is -2.04. The van der Waals surface area contributed by atoms with Crippen molar-refractivity contribution >= 4 is 11.9 Å². The number of nitrogens with zero attached hydrogens (tertiary/aromatic N) is 4. The van der Waals surface area contributed by atoms with Crippen LogP contribution in [-0.2, 0) is 11.3 Å². The standard InChI is InChI=1S/C11H9FN4O4/c1-20-10(17)8-3-2-7(4-9(8)12)5-15-6-13-11(14-15)16(18)19/h2-4,6H,5H2,1H3. The molecule has 0 spiro atoms. The molecule has 1 aromatic heterocycles. The molecule has 0 atom stereocenters. The second-order valence-corrected chi connectivity index (χ2v) is 3.81. The van der Waals surface area contributed by atoms with Crippen molar-refractivity contribution in [1.29, 1.82) is 0 Å². The summed E-state index contributed by atoms with van der Waals surface area (Å²) < 4.78 is 19.3. The van der Waals surface area contributed by atoms with Crippen molar-refractivity contribution in [3.05, 3.63) is 51.6 Å². The van der Waals surface area contributed by atoms with E-state index in [4.69, 9.17) is 0 Å². The third-order valence-corrected chi connectivity index (χ3v) is 2.47. The summed E-state index contributed by atoms with van der Waals surface area (Å²) in [6, 6.07) is 3.92. The molecule has 0 fully saturated rings. The molecule has 0 radical (unpaired) electrons. The number of benzene rings is 1. The maximum Gasteiger partial charge on any atom is 0.490 e. The van der Waals surface area contributed by atoms with Crippen molar-refractivity contribution in [2.45, 2.75) is 6.54 Å². The van der Waals surface area contributed by atoms with Gasteiger partial charge in [0.25, 0.3) is 0 Å². The molecule has 0 amide bonds. The molecule has 0 unspecified atom stereocenters. The van der Waals surface area contributed by atoms with Crippen molar-refractivity contribution in [3.63, 3.8) is 0 Å². The Bertz CT molecular complexity index is 670. The van der Waals surface area contributed by atoms with Gasteiger partial charge in [-0.2, -0.15) is 4.68 Å². The minimum absolute atomic E-state index is 0.0964. The van der Waals surface area contributed by atoms with Crippen LogP contribution in [0.3, 0.4) is 0 Å². The summed E-state index contributed by atoms with van der Waals surface area (Å²) in [4.78, 5) is 24.4. The van der Waals surface area contributed by atoms with Crippen LogP contribution in [0.1, 0.15) is 15.9 Å².